The first-order chi connectivity index (χ1) is 9.63. The molecule has 0 saturated heterocycles. The van der Waals surface area contributed by atoms with Crippen molar-refractivity contribution in [2.24, 2.45) is 0 Å². The largest absolute Gasteiger partial charge is 0.486 e. The normalized spacial score (nSPS) is 10.8. The Kier molecular flexibility index (Phi) is 3.33. The Bertz CT molecular complexity index is 752. The molecule has 0 bridgehead atoms. The molecule has 0 aliphatic rings. The second-order valence-electron chi connectivity index (χ2n) is 4.06. The smallest absolute Gasteiger partial charge is 0.339 e. The van der Waals surface area contributed by atoms with Crippen LogP contribution in [0.1, 0.15) is 16.1 Å². The highest BCUT2D eigenvalue weighted by Crippen LogP contribution is 2.24. The van der Waals surface area contributed by atoms with Crippen LogP contribution in [0.2, 0.25) is 5.02 Å². The molecule has 0 radical (unpaired) electrons. The summed E-state index contributed by atoms with van der Waals surface area (Å²) in [5.41, 5.74) is 0.809. The molecule has 0 spiro atoms. The van der Waals surface area contributed by atoms with Crippen LogP contribution in [0.4, 0.5) is 0 Å². The minimum atomic E-state index is -1.05. The fraction of sp³-hybridized carbons (Fsp3) is 0.0769. The predicted octanol–water partition coefficient (Wildman–Crippen LogP) is 3.33. The standard InChI is InChI=1S/C13H9ClN2O3S/c14-8-1-2-10(12(17)18)11(5-8)19-7-9-6-16-3-4-20-13(16)15-9/h1-6H,7H2,(H,17,18). The van der Waals surface area contributed by atoms with Crippen LogP contribution in [0.3, 0.4) is 0 Å². The highest BCUT2D eigenvalue weighted by molar-refractivity contribution is 7.15. The maximum atomic E-state index is 11.1. The van der Waals surface area contributed by atoms with Gasteiger partial charge in [-0.2, -0.15) is 0 Å². The van der Waals surface area contributed by atoms with Crippen molar-refractivity contribution in [1.29, 1.82) is 0 Å². The number of thiazole rings is 1. The zero-order valence-corrected chi connectivity index (χ0v) is 11.7. The van der Waals surface area contributed by atoms with Crippen LogP contribution >= 0.6 is 22.9 Å². The van der Waals surface area contributed by atoms with E-state index < -0.39 is 5.97 Å². The van der Waals surface area contributed by atoms with Gasteiger partial charge in [-0.3, -0.25) is 4.40 Å². The Balaban J connectivity index is 1.82. The number of nitrogens with zero attached hydrogens (tertiary/aromatic N) is 2. The fourth-order valence-corrected chi connectivity index (χ4v) is 2.67. The molecular formula is C13H9ClN2O3S. The number of aromatic nitrogens is 2. The van der Waals surface area contributed by atoms with E-state index in [4.69, 9.17) is 21.4 Å². The van der Waals surface area contributed by atoms with Crippen molar-refractivity contribution in [3.63, 3.8) is 0 Å². The van der Waals surface area contributed by atoms with Gasteiger partial charge in [-0.15, -0.1) is 11.3 Å². The number of aromatic carboxylic acids is 1. The van der Waals surface area contributed by atoms with Gasteiger partial charge in [0.2, 0.25) is 0 Å². The molecule has 0 atom stereocenters. The summed E-state index contributed by atoms with van der Waals surface area (Å²) in [6, 6.07) is 4.43. The molecule has 1 aromatic carbocycles. The molecular weight excluding hydrogens is 300 g/mol. The van der Waals surface area contributed by atoms with E-state index in [1.54, 1.807) is 0 Å². The van der Waals surface area contributed by atoms with Gasteiger partial charge in [0.1, 0.15) is 17.9 Å². The molecule has 3 rings (SSSR count). The van der Waals surface area contributed by atoms with Gasteiger partial charge in [-0.25, -0.2) is 9.78 Å². The van der Waals surface area contributed by atoms with Gasteiger partial charge >= 0.3 is 5.97 Å². The molecule has 3 aromatic rings. The number of hydrogen-bond donors (Lipinski definition) is 1. The number of carboxylic acid groups (broad SMARTS) is 1. The molecule has 0 saturated carbocycles. The van der Waals surface area contributed by atoms with Crippen LogP contribution in [-0.4, -0.2) is 20.5 Å². The van der Waals surface area contributed by atoms with E-state index in [0.29, 0.717) is 5.02 Å². The second-order valence-corrected chi connectivity index (χ2v) is 5.37. The monoisotopic (exact) mass is 308 g/mol. The summed E-state index contributed by atoms with van der Waals surface area (Å²) in [4.78, 5) is 16.3. The van der Waals surface area contributed by atoms with Crippen molar-refractivity contribution in [2.75, 3.05) is 0 Å². The van der Waals surface area contributed by atoms with Crippen LogP contribution < -0.4 is 4.74 Å². The van der Waals surface area contributed by atoms with E-state index >= 15 is 0 Å². The number of halogens is 1. The SMILES string of the molecule is O=C(O)c1ccc(Cl)cc1OCc1cn2ccsc2n1. The molecule has 2 aromatic heterocycles. The molecule has 2 heterocycles. The minimum absolute atomic E-state index is 0.0791. The van der Waals surface area contributed by atoms with Gasteiger partial charge in [0.25, 0.3) is 0 Å². The minimum Gasteiger partial charge on any atom is -0.486 e. The average molecular weight is 309 g/mol. The number of rotatable bonds is 4. The molecule has 0 aliphatic heterocycles. The Morgan fingerprint density at radius 2 is 2.35 bits per heavy atom. The van der Waals surface area contributed by atoms with E-state index in [1.165, 1.54) is 29.5 Å². The highest BCUT2D eigenvalue weighted by Gasteiger charge is 2.12. The van der Waals surface area contributed by atoms with Crippen molar-refractivity contribution < 1.29 is 14.6 Å². The van der Waals surface area contributed by atoms with E-state index in [-0.39, 0.29) is 17.9 Å². The number of carbonyl (C=O) groups is 1. The van der Waals surface area contributed by atoms with Gasteiger partial charge in [-0.1, -0.05) is 11.6 Å². The van der Waals surface area contributed by atoms with E-state index in [1.807, 2.05) is 22.2 Å². The van der Waals surface area contributed by atoms with Crippen LogP contribution in [0, 0.1) is 0 Å². The molecule has 0 amide bonds. The van der Waals surface area contributed by atoms with Crippen molar-refractivity contribution in [1.82, 2.24) is 9.38 Å². The first kappa shape index (κ1) is 13.0. The van der Waals surface area contributed by atoms with Gasteiger partial charge < -0.3 is 9.84 Å². The molecule has 5 nitrogen and oxygen atoms in total. The zero-order valence-electron chi connectivity index (χ0n) is 10.1. The topological polar surface area (TPSA) is 63.8 Å². The van der Waals surface area contributed by atoms with Gasteiger partial charge in [0.05, 0.1) is 5.69 Å². The summed E-state index contributed by atoms with van der Waals surface area (Å²) in [6.07, 6.45) is 3.75. The fourth-order valence-electron chi connectivity index (χ4n) is 1.79. The lowest BCUT2D eigenvalue weighted by molar-refractivity contribution is 0.0691. The number of carboxylic acids is 1. The second kappa shape index (κ2) is 5.15. The number of ether oxygens (including phenoxy) is 1. The number of benzene rings is 1. The van der Waals surface area contributed by atoms with Crippen LogP contribution in [0.5, 0.6) is 5.75 Å². The summed E-state index contributed by atoms with van der Waals surface area (Å²) >= 11 is 7.38. The summed E-state index contributed by atoms with van der Waals surface area (Å²) in [7, 11) is 0. The molecule has 0 aliphatic carbocycles. The molecule has 102 valence electrons. The van der Waals surface area contributed by atoms with E-state index in [9.17, 15) is 4.79 Å². The molecule has 0 fully saturated rings. The summed E-state index contributed by atoms with van der Waals surface area (Å²) in [6.45, 7) is 0.190. The molecule has 7 heteroatoms. The maximum absolute atomic E-state index is 11.1. The Morgan fingerprint density at radius 3 is 3.10 bits per heavy atom. The third-order valence-electron chi connectivity index (χ3n) is 2.69. The first-order valence-electron chi connectivity index (χ1n) is 5.70. The summed E-state index contributed by atoms with van der Waals surface area (Å²) in [5.74, 6) is -0.816. The quantitative estimate of drug-likeness (QED) is 0.803. The van der Waals surface area contributed by atoms with Crippen LogP contribution in [0.25, 0.3) is 4.96 Å². The third kappa shape index (κ3) is 2.48. The predicted molar refractivity (Wildman–Crippen MR) is 75.8 cm³/mol. The number of hydrogen-bond acceptors (Lipinski definition) is 4. The van der Waals surface area contributed by atoms with Crippen LogP contribution in [-0.2, 0) is 6.61 Å². The molecule has 0 unspecified atom stereocenters. The van der Waals surface area contributed by atoms with Gasteiger partial charge in [0, 0.05) is 22.8 Å². The highest BCUT2D eigenvalue weighted by atomic mass is 35.5. The Hall–Kier alpha value is -2.05. The maximum Gasteiger partial charge on any atom is 0.339 e. The zero-order chi connectivity index (χ0) is 14.1. The Morgan fingerprint density at radius 1 is 1.50 bits per heavy atom. The Labute approximate surface area is 123 Å². The lowest BCUT2D eigenvalue weighted by Crippen LogP contribution is -2.03. The summed E-state index contributed by atoms with van der Waals surface area (Å²) < 4.78 is 7.42. The van der Waals surface area contributed by atoms with Gasteiger partial charge in [-0.05, 0) is 18.2 Å². The molecule has 20 heavy (non-hydrogen) atoms. The van der Waals surface area contributed by atoms with Crippen molar-refractivity contribution in [2.45, 2.75) is 6.61 Å². The number of fused-ring (bicyclic) bond motifs is 1. The average Bonchev–Trinajstić information content (AvgIpc) is 2.96. The van der Waals surface area contributed by atoms with Crippen molar-refractivity contribution in [3.8, 4) is 5.75 Å². The summed E-state index contributed by atoms with van der Waals surface area (Å²) in [5, 5.41) is 11.5. The first-order valence-corrected chi connectivity index (χ1v) is 6.96. The van der Waals surface area contributed by atoms with Crippen LogP contribution in [0.15, 0.2) is 36.0 Å². The van der Waals surface area contributed by atoms with Gasteiger partial charge in [0.15, 0.2) is 4.96 Å². The van der Waals surface area contributed by atoms with E-state index in [2.05, 4.69) is 4.98 Å². The lowest BCUT2D eigenvalue weighted by atomic mass is 10.2. The third-order valence-corrected chi connectivity index (χ3v) is 3.70. The number of imidazole rings is 1. The van der Waals surface area contributed by atoms with Crippen molar-refractivity contribution >= 4 is 33.9 Å². The molecule has 1 N–H and O–H groups in total. The lowest BCUT2D eigenvalue weighted by Gasteiger charge is -2.08. The van der Waals surface area contributed by atoms with Crippen molar-refractivity contribution in [3.05, 3.63) is 52.3 Å². The van der Waals surface area contributed by atoms with E-state index in [0.717, 1.165) is 10.7 Å².